The molecule has 98 valence electrons. The van der Waals surface area contributed by atoms with E-state index in [0.29, 0.717) is 0 Å². The minimum Gasteiger partial charge on any atom is -0.399 e. The fourth-order valence-corrected chi connectivity index (χ4v) is 2.56. The van der Waals surface area contributed by atoms with Crippen LogP contribution in [0.25, 0.3) is 0 Å². The molecule has 0 bridgehead atoms. The third-order valence-electron chi connectivity index (χ3n) is 3.75. The van der Waals surface area contributed by atoms with Gasteiger partial charge in [-0.3, -0.25) is 0 Å². The zero-order valence-electron chi connectivity index (χ0n) is 12.4. The van der Waals surface area contributed by atoms with E-state index >= 15 is 0 Å². The molecule has 0 aliphatic heterocycles. The standard InChI is InChI=1S/C16H24OSi/c1-8-15(14-11-9-13(2)10-12-14)17-18(6,7)16(3,4)5/h1,9-12,15H,2-7H3. The zero-order valence-corrected chi connectivity index (χ0v) is 13.4. The smallest absolute Gasteiger partial charge is 0.194 e. The van der Waals surface area contributed by atoms with E-state index in [4.69, 9.17) is 10.8 Å². The van der Waals surface area contributed by atoms with Gasteiger partial charge < -0.3 is 4.43 Å². The normalized spacial score (nSPS) is 14.1. The summed E-state index contributed by atoms with van der Waals surface area (Å²) in [6, 6.07) is 8.28. The molecule has 0 spiro atoms. The Morgan fingerprint density at radius 3 is 2.06 bits per heavy atom. The molecular weight excluding hydrogens is 236 g/mol. The molecule has 0 saturated heterocycles. The van der Waals surface area contributed by atoms with E-state index in [9.17, 15) is 0 Å². The van der Waals surface area contributed by atoms with Crippen molar-refractivity contribution in [2.75, 3.05) is 0 Å². The lowest BCUT2D eigenvalue weighted by Gasteiger charge is -2.38. The Morgan fingerprint density at radius 1 is 1.17 bits per heavy atom. The van der Waals surface area contributed by atoms with E-state index in [1.165, 1.54) is 5.56 Å². The van der Waals surface area contributed by atoms with Gasteiger partial charge in [0.05, 0.1) is 0 Å². The van der Waals surface area contributed by atoms with Gasteiger partial charge in [-0.25, -0.2) is 0 Å². The molecular formula is C16H24OSi. The van der Waals surface area contributed by atoms with Crippen molar-refractivity contribution in [1.29, 1.82) is 0 Å². The van der Waals surface area contributed by atoms with E-state index < -0.39 is 8.32 Å². The summed E-state index contributed by atoms with van der Waals surface area (Å²) in [4.78, 5) is 0. The minimum absolute atomic E-state index is 0.173. The van der Waals surface area contributed by atoms with Gasteiger partial charge in [-0.1, -0.05) is 56.5 Å². The van der Waals surface area contributed by atoms with Crippen LogP contribution in [0, 0.1) is 19.3 Å². The highest BCUT2D eigenvalue weighted by Crippen LogP contribution is 2.39. The summed E-state index contributed by atoms with van der Waals surface area (Å²) in [5.41, 5.74) is 2.31. The van der Waals surface area contributed by atoms with Crippen LogP contribution in [0.2, 0.25) is 18.1 Å². The predicted octanol–water partition coefficient (Wildman–Crippen LogP) is 4.69. The van der Waals surface area contributed by atoms with Crippen LogP contribution in [0.1, 0.15) is 38.0 Å². The molecule has 0 amide bonds. The van der Waals surface area contributed by atoms with Crippen molar-refractivity contribution in [3.8, 4) is 12.3 Å². The molecule has 0 radical (unpaired) electrons. The molecule has 18 heavy (non-hydrogen) atoms. The van der Waals surface area contributed by atoms with E-state index in [1.54, 1.807) is 0 Å². The number of hydrogen-bond acceptors (Lipinski definition) is 1. The Labute approximate surface area is 113 Å². The van der Waals surface area contributed by atoms with Gasteiger partial charge in [0.2, 0.25) is 0 Å². The summed E-state index contributed by atoms with van der Waals surface area (Å²) >= 11 is 0. The molecule has 1 aromatic carbocycles. The van der Waals surface area contributed by atoms with E-state index in [0.717, 1.165) is 5.56 Å². The number of benzene rings is 1. The van der Waals surface area contributed by atoms with Gasteiger partial charge in [-0.2, -0.15) is 0 Å². The first-order chi connectivity index (χ1) is 8.17. The molecule has 2 heteroatoms. The zero-order chi connectivity index (χ0) is 14.0. The summed E-state index contributed by atoms with van der Waals surface area (Å²) in [6.45, 7) is 13.2. The first-order valence-electron chi connectivity index (χ1n) is 6.38. The SMILES string of the molecule is C#CC(O[Si](C)(C)C(C)(C)C)c1ccc(C)cc1. The monoisotopic (exact) mass is 260 g/mol. The van der Waals surface area contributed by atoms with Crippen LogP contribution in [0.15, 0.2) is 24.3 Å². The van der Waals surface area contributed by atoms with Gasteiger partial charge in [0.15, 0.2) is 8.32 Å². The maximum atomic E-state index is 6.28. The largest absolute Gasteiger partial charge is 0.399 e. The summed E-state index contributed by atoms with van der Waals surface area (Å²) in [5.74, 6) is 2.78. The van der Waals surface area contributed by atoms with Gasteiger partial charge in [0.1, 0.15) is 6.10 Å². The second-order valence-electron chi connectivity index (χ2n) is 6.34. The van der Waals surface area contributed by atoms with Crippen molar-refractivity contribution in [3.05, 3.63) is 35.4 Å². The Morgan fingerprint density at radius 2 is 1.67 bits per heavy atom. The molecule has 0 aliphatic carbocycles. The van der Waals surface area contributed by atoms with Crippen molar-refractivity contribution in [1.82, 2.24) is 0 Å². The maximum Gasteiger partial charge on any atom is 0.194 e. The molecule has 1 nitrogen and oxygen atoms in total. The van der Waals surface area contributed by atoms with Gasteiger partial charge in [0.25, 0.3) is 0 Å². The molecule has 0 N–H and O–H groups in total. The second kappa shape index (κ2) is 5.30. The van der Waals surface area contributed by atoms with Gasteiger partial charge in [-0.15, -0.1) is 6.42 Å². The second-order valence-corrected chi connectivity index (χ2v) is 11.1. The molecule has 0 fully saturated rings. The van der Waals surface area contributed by atoms with E-state index in [1.807, 2.05) is 0 Å². The third kappa shape index (κ3) is 3.47. The van der Waals surface area contributed by atoms with Crippen molar-refractivity contribution >= 4 is 8.32 Å². The Hall–Kier alpha value is -1.04. The van der Waals surface area contributed by atoms with Gasteiger partial charge in [-0.05, 0) is 30.6 Å². The molecule has 0 saturated carbocycles. The summed E-state index contributed by atoms with van der Waals surface area (Å²) in [6.07, 6.45) is 5.41. The topological polar surface area (TPSA) is 9.23 Å². The van der Waals surface area contributed by atoms with Crippen LogP contribution >= 0.6 is 0 Å². The van der Waals surface area contributed by atoms with Crippen LogP contribution < -0.4 is 0 Å². The molecule has 0 aromatic heterocycles. The molecule has 0 aliphatic rings. The highest BCUT2D eigenvalue weighted by atomic mass is 28.4. The first-order valence-corrected chi connectivity index (χ1v) is 9.29. The van der Waals surface area contributed by atoms with Crippen molar-refractivity contribution in [3.63, 3.8) is 0 Å². The van der Waals surface area contributed by atoms with Crippen LogP contribution in [0.4, 0.5) is 0 Å². The number of rotatable bonds is 3. The quantitative estimate of drug-likeness (QED) is 0.566. The lowest BCUT2D eigenvalue weighted by atomic mass is 10.1. The lowest BCUT2D eigenvalue weighted by Crippen LogP contribution is -2.41. The summed E-state index contributed by atoms with van der Waals surface area (Å²) < 4.78 is 6.28. The third-order valence-corrected chi connectivity index (χ3v) is 8.19. The van der Waals surface area contributed by atoms with E-state index in [2.05, 4.69) is 71.0 Å². The Bertz CT molecular complexity index is 432. The highest BCUT2D eigenvalue weighted by molar-refractivity contribution is 6.74. The maximum absolute atomic E-state index is 6.28. The minimum atomic E-state index is -1.83. The molecule has 1 aromatic rings. The summed E-state index contributed by atoms with van der Waals surface area (Å²) in [5, 5.41) is 0.173. The number of hydrogen-bond donors (Lipinski definition) is 0. The first kappa shape index (κ1) is 15.0. The number of terminal acetylenes is 1. The Balaban J connectivity index is 2.94. The van der Waals surface area contributed by atoms with Crippen molar-refractivity contribution in [2.45, 2.75) is 51.9 Å². The number of aryl methyl sites for hydroxylation is 1. The molecule has 0 heterocycles. The fourth-order valence-electron chi connectivity index (χ4n) is 1.41. The molecule has 1 rings (SSSR count). The lowest BCUT2D eigenvalue weighted by molar-refractivity contribution is 0.238. The van der Waals surface area contributed by atoms with Crippen molar-refractivity contribution < 1.29 is 4.43 Å². The average molecular weight is 260 g/mol. The predicted molar refractivity (Wildman–Crippen MR) is 81.0 cm³/mol. The van der Waals surface area contributed by atoms with Crippen molar-refractivity contribution in [2.24, 2.45) is 0 Å². The van der Waals surface area contributed by atoms with Gasteiger partial charge in [0, 0.05) is 0 Å². The van der Waals surface area contributed by atoms with Crippen LogP contribution in [0.3, 0.4) is 0 Å². The Kier molecular flexibility index (Phi) is 4.42. The fraction of sp³-hybridized carbons (Fsp3) is 0.500. The highest BCUT2D eigenvalue weighted by Gasteiger charge is 2.39. The van der Waals surface area contributed by atoms with Crippen LogP contribution in [0.5, 0.6) is 0 Å². The van der Waals surface area contributed by atoms with E-state index in [-0.39, 0.29) is 11.1 Å². The summed E-state index contributed by atoms with van der Waals surface area (Å²) in [7, 11) is -1.83. The average Bonchev–Trinajstić information content (AvgIpc) is 2.25. The van der Waals surface area contributed by atoms with Crippen LogP contribution in [-0.2, 0) is 4.43 Å². The van der Waals surface area contributed by atoms with Crippen LogP contribution in [-0.4, -0.2) is 8.32 Å². The molecule has 1 unspecified atom stereocenters. The molecule has 1 atom stereocenters. The van der Waals surface area contributed by atoms with Gasteiger partial charge >= 0.3 is 0 Å².